The Morgan fingerprint density at radius 1 is 1.03 bits per heavy atom. The Bertz CT molecular complexity index is 1510. The summed E-state index contributed by atoms with van der Waals surface area (Å²) >= 11 is 5.26. The minimum atomic E-state index is -0.548. The zero-order valence-electron chi connectivity index (χ0n) is 18.7. The van der Waals surface area contributed by atoms with Crippen LogP contribution in [0.25, 0.3) is 17.0 Å². The van der Waals surface area contributed by atoms with Crippen molar-refractivity contribution >= 4 is 51.8 Å². The first-order valence-corrected chi connectivity index (χ1v) is 11.2. The summed E-state index contributed by atoms with van der Waals surface area (Å²) in [5.41, 5.74) is 3.01. The molecular weight excluding hydrogens is 465 g/mol. The standard InChI is InChI=1S/C27H20FN3O3S/c1-34-22-8-6-21(7-9-22)31-26(33)23(25(32)29-27(31)35)15-17-5-10-24-19(13-17)11-12-30(24)16-18-3-2-4-20(28)14-18/h2-15H,16H2,1H3,(H,29,32,35)/b23-15-. The molecule has 8 heteroatoms. The summed E-state index contributed by atoms with van der Waals surface area (Å²) in [6, 6.07) is 20.9. The largest absolute Gasteiger partial charge is 0.497 e. The normalized spacial score (nSPS) is 15.1. The number of anilines is 1. The smallest absolute Gasteiger partial charge is 0.270 e. The van der Waals surface area contributed by atoms with E-state index in [-0.39, 0.29) is 16.5 Å². The average Bonchev–Trinajstić information content (AvgIpc) is 3.24. The molecule has 1 N–H and O–H groups in total. The van der Waals surface area contributed by atoms with Crippen LogP contribution in [0.1, 0.15) is 11.1 Å². The molecule has 1 aliphatic heterocycles. The Hall–Kier alpha value is -4.30. The van der Waals surface area contributed by atoms with E-state index in [4.69, 9.17) is 17.0 Å². The van der Waals surface area contributed by atoms with E-state index in [1.54, 1.807) is 43.5 Å². The third kappa shape index (κ3) is 4.43. The fourth-order valence-electron chi connectivity index (χ4n) is 4.07. The Balaban J connectivity index is 1.44. The van der Waals surface area contributed by atoms with Gasteiger partial charge in [-0.1, -0.05) is 18.2 Å². The summed E-state index contributed by atoms with van der Waals surface area (Å²) in [6.45, 7) is 0.525. The first-order valence-electron chi connectivity index (χ1n) is 10.8. The van der Waals surface area contributed by atoms with Gasteiger partial charge in [0.2, 0.25) is 0 Å². The molecule has 1 aliphatic rings. The average molecular weight is 486 g/mol. The summed E-state index contributed by atoms with van der Waals surface area (Å²) in [6.07, 6.45) is 3.48. The first kappa shape index (κ1) is 22.5. The summed E-state index contributed by atoms with van der Waals surface area (Å²) in [4.78, 5) is 27.2. The molecule has 1 saturated heterocycles. The molecule has 0 saturated carbocycles. The lowest BCUT2D eigenvalue weighted by Gasteiger charge is -2.29. The number of amides is 2. The lowest BCUT2D eigenvalue weighted by Crippen LogP contribution is -2.54. The number of benzene rings is 3. The van der Waals surface area contributed by atoms with E-state index in [0.717, 1.165) is 16.5 Å². The Morgan fingerprint density at radius 3 is 2.57 bits per heavy atom. The van der Waals surface area contributed by atoms with Gasteiger partial charge in [0.1, 0.15) is 17.1 Å². The molecule has 4 aromatic rings. The van der Waals surface area contributed by atoms with Gasteiger partial charge in [0.05, 0.1) is 12.8 Å². The molecule has 5 rings (SSSR count). The number of carbonyl (C=O) groups is 2. The third-order valence-corrected chi connectivity index (χ3v) is 6.06. The maximum absolute atomic E-state index is 13.5. The molecule has 0 unspecified atom stereocenters. The van der Waals surface area contributed by atoms with Crippen molar-refractivity contribution < 1.29 is 18.7 Å². The fourth-order valence-corrected chi connectivity index (χ4v) is 4.35. The fraction of sp³-hybridized carbons (Fsp3) is 0.0741. The third-order valence-electron chi connectivity index (χ3n) is 5.78. The molecule has 2 heterocycles. The van der Waals surface area contributed by atoms with E-state index in [1.165, 1.54) is 17.0 Å². The monoisotopic (exact) mass is 485 g/mol. The minimum absolute atomic E-state index is 0.0204. The predicted molar refractivity (Wildman–Crippen MR) is 137 cm³/mol. The van der Waals surface area contributed by atoms with E-state index < -0.39 is 11.8 Å². The summed E-state index contributed by atoms with van der Waals surface area (Å²) < 4.78 is 20.7. The molecule has 0 radical (unpaired) electrons. The number of hydrogen-bond acceptors (Lipinski definition) is 4. The highest BCUT2D eigenvalue weighted by Gasteiger charge is 2.34. The van der Waals surface area contributed by atoms with Crippen LogP contribution in [0.3, 0.4) is 0 Å². The molecule has 35 heavy (non-hydrogen) atoms. The lowest BCUT2D eigenvalue weighted by molar-refractivity contribution is -0.122. The molecule has 0 atom stereocenters. The molecule has 3 aromatic carbocycles. The number of carbonyl (C=O) groups excluding carboxylic acids is 2. The summed E-state index contributed by atoms with van der Waals surface area (Å²) in [5.74, 6) is -0.686. The maximum Gasteiger partial charge on any atom is 0.270 e. The highest BCUT2D eigenvalue weighted by atomic mass is 32.1. The minimum Gasteiger partial charge on any atom is -0.497 e. The SMILES string of the molecule is COc1ccc(N2C(=O)/C(=C\c3ccc4c(ccn4Cc4cccc(F)c4)c3)C(=O)NC2=S)cc1. The number of fused-ring (bicyclic) bond motifs is 1. The van der Waals surface area contributed by atoms with Crippen LogP contribution in [0, 0.1) is 5.82 Å². The predicted octanol–water partition coefficient (Wildman–Crippen LogP) is 4.67. The maximum atomic E-state index is 13.5. The molecule has 0 aliphatic carbocycles. The van der Waals surface area contributed by atoms with Gasteiger partial charge >= 0.3 is 0 Å². The van der Waals surface area contributed by atoms with Crippen LogP contribution in [0.4, 0.5) is 10.1 Å². The van der Waals surface area contributed by atoms with Gasteiger partial charge in [-0.15, -0.1) is 0 Å². The number of aromatic nitrogens is 1. The van der Waals surface area contributed by atoms with E-state index in [9.17, 15) is 14.0 Å². The van der Waals surface area contributed by atoms with E-state index >= 15 is 0 Å². The van der Waals surface area contributed by atoms with Crippen molar-refractivity contribution in [1.29, 1.82) is 0 Å². The number of hydrogen-bond donors (Lipinski definition) is 1. The van der Waals surface area contributed by atoms with Crippen molar-refractivity contribution in [2.75, 3.05) is 12.0 Å². The highest BCUT2D eigenvalue weighted by Crippen LogP contribution is 2.26. The van der Waals surface area contributed by atoms with Crippen molar-refractivity contribution in [3.63, 3.8) is 0 Å². The summed E-state index contributed by atoms with van der Waals surface area (Å²) in [7, 11) is 1.55. The van der Waals surface area contributed by atoms with Crippen LogP contribution in [-0.2, 0) is 16.1 Å². The number of nitrogens with one attached hydrogen (secondary N) is 1. The zero-order valence-corrected chi connectivity index (χ0v) is 19.5. The van der Waals surface area contributed by atoms with Gasteiger partial charge in [-0.25, -0.2) is 4.39 Å². The van der Waals surface area contributed by atoms with Crippen molar-refractivity contribution in [3.8, 4) is 5.75 Å². The van der Waals surface area contributed by atoms with Gasteiger partial charge in [-0.2, -0.15) is 0 Å². The van der Waals surface area contributed by atoms with Crippen LogP contribution in [-0.4, -0.2) is 28.6 Å². The highest BCUT2D eigenvalue weighted by molar-refractivity contribution is 7.80. The Morgan fingerprint density at radius 2 is 1.83 bits per heavy atom. The van der Waals surface area contributed by atoms with Crippen LogP contribution in [0.5, 0.6) is 5.75 Å². The van der Waals surface area contributed by atoms with Gasteiger partial charge < -0.3 is 9.30 Å². The topological polar surface area (TPSA) is 63.6 Å². The van der Waals surface area contributed by atoms with Gasteiger partial charge in [-0.3, -0.25) is 19.8 Å². The lowest BCUT2D eigenvalue weighted by atomic mass is 10.1. The quantitative estimate of drug-likeness (QED) is 0.254. The molecule has 0 bridgehead atoms. The molecule has 0 spiro atoms. The number of nitrogens with zero attached hydrogens (tertiary/aromatic N) is 2. The van der Waals surface area contributed by atoms with Crippen LogP contribution in [0.15, 0.2) is 84.6 Å². The number of thiocarbonyl (C=S) groups is 1. The van der Waals surface area contributed by atoms with Crippen molar-refractivity contribution in [1.82, 2.24) is 9.88 Å². The van der Waals surface area contributed by atoms with Gasteiger partial charge in [0, 0.05) is 23.6 Å². The molecule has 174 valence electrons. The second-order valence-corrected chi connectivity index (χ2v) is 8.43. The molecular formula is C27H20FN3O3S. The Kier molecular flexibility index (Phi) is 5.88. The van der Waals surface area contributed by atoms with Crippen LogP contribution in [0.2, 0.25) is 0 Å². The number of methoxy groups -OCH3 is 1. The second kappa shape index (κ2) is 9.15. The van der Waals surface area contributed by atoms with Crippen molar-refractivity contribution in [2.45, 2.75) is 6.54 Å². The number of halogens is 1. The van der Waals surface area contributed by atoms with Gasteiger partial charge in [-0.05, 0) is 84.0 Å². The zero-order chi connectivity index (χ0) is 24.5. The van der Waals surface area contributed by atoms with Crippen molar-refractivity contribution in [3.05, 3.63) is 102 Å². The molecule has 1 fully saturated rings. The second-order valence-electron chi connectivity index (χ2n) is 8.05. The van der Waals surface area contributed by atoms with Crippen molar-refractivity contribution in [2.24, 2.45) is 0 Å². The molecule has 6 nitrogen and oxygen atoms in total. The molecule has 2 amide bonds. The van der Waals surface area contributed by atoms with Crippen LogP contribution < -0.4 is 15.0 Å². The number of ether oxygens (including phenoxy) is 1. The number of rotatable bonds is 5. The summed E-state index contributed by atoms with van der Waals surface area (Å²) in [5, 5.41) is 3.55. The van der Waals surface area contributed by atoms with E-state index in [0.29, 0.717) is 23.5 Å². The van der Waals surface area contributed by atoms with Gasteiger partial charge in [0.15, 0.2) is 5.11 Å². The van der Waals surface area contributed by atoms with Gasteiger partial charge in [0.25, 0.3) is 11.8 Å². The molecule has 1 aromatic heterocycles. The Labute approximate surface area is 206 Å². The first-order chi connectivity index (χ1) is 16.9. The van der Waals surface area contributed by atoms with Crippen LogP contribution >= 0.6 is 12.2 Å². The van der Waals surface area contributed by atoms with E-state index in [2.05, 4.69) is 5.32 Å². The van der Waals surface area contributed by atoms with E-state index in [1.807, 2.05) is 41.1 Å².